The molecule has 7 rings (SSSR count). The minimum Gasteiger partial charge on any atom is -0.381 e. The van der Waals surface area contributed by atoms with Gasteiger partial charge in [-0.3, -0.25) is 19.3 Å². The number of hydrogen-bond donors (Lipinski definition) is 0. The first-order valence-electron chi connectivity index (χ1n) is 28.9. The molecule has 0 saturated carbocycles. The second-order valence-electron chi connectivity index (χ2n) is 27.9. The lowest BCUT2D eigenvalue weighted by Crippen LogP contribution is -2.00. The van der Waals surface area contributed by atoms with Crippen molar-refractivity contribution in [2.75, 3.05) is 26.4 Å². The van der Waals surface area contributed by atoms with Gasteiger partial charge in [0.2, 0.25) is 0 Å². The molecule has 2 aliphatic rings. The lowest BCUT2D eigenvalue weighted by molar-refractivity contribution is 0.198. The maximum atomic E-state index is 4.94. The standard InChI is InChI=1S/3C6H14.C5H7N.2C5H5N.3C5H12.2C4H6N2.2C4H8O.C4H10/c3*1-5-6(2,3)4;1-6-4-2-3-5-6;2*1-2-4-6-5-3-1;3*1-5(2,3)4;2*1-6-4-2-3-5-6;2*1-2-4-5-3-1;1-4(2)3/h3*5H2,1-4H3;2-5H,1H3;2*1-5H;3*1-4H3;2*2-4H,1H3;2*1-4H2;4H,1-3H3. The molecule has 9 heteroatoms. The van der Waals surface area contributed by atoms with E-state index in [1.807, 2.05) is 111 Å². The third-order valence-electron chi connectivity index (χ3n) is 8.00. The van der Waals surface area contributed by atoms with Crippen LogP contribution in [0.1, 0.15) is 232 Å². The molecule has 0 bridgehead atoms. The predicted molar refractivity (Wildman–Crippen MR) is 346 cm³/mol. The van der Waals surface area contributed by atoms with Crippen LogP contribution in [0.15, 0.2) is 123 Å². The zero-order valence-electron chi connectivity index (χ0n) is 56.8. The zero-order valence-corrected chi connectivity index (χ0v) is 56.8. The Morgan fingerprint density at radius 2 is 0.558 bits per heavy atom. The van der Waals surface area contributed by atoms with Crippen molar-refractivity contribution in [3.8, 4) is 0 Å². The van der Waals surface area contributed by atoms with E-state index in [1.165, 1.54) is 44.9 Å². The molecule has 2 aliphatic heterocycles. The molecule has 0 aromatic carbocycles. The molecule has 7 heterocycles. The normalized spacial score (nSPS) is 12.0. The van der Waals surface area contributed by atoms with Crippen LogP contribution in [-0.2, 0) is 30.6 Å². The average molecular weight is 1080 g/mol. The highest BCUT2D eigenvalue weighted by atomic mass is 16.5. The molecule has 0 radical (unpaired) electrons. The molecule has 0 unspecified atom stereocenters. The Morgan fingerprint density at radius 3 is 0.610 bits per heavy atom. The van der Waals surface area contributed by atoms with E-state index in [2.05, 4.69) is 207 Å². The molecule has 452 valence electrons. The van der Waals surface area contributed by atoms with Crippen LogP contribution in [0, 0.1) is 38.4 Å². The Morgan fingerprint density at radius 1 is 0.351 bits per heavy atom. The first-order valence-corrected chi connectivity index (χ1v) is 28.9. The van der Waals surface area contributed by atoms with Crippen LogP contribution in [-0.4, -0.2) is 60.5 Å². The summed E-state index contributed by atoms with van der Waals surface area (Å²) in [4.78, 5) is 7.57. The minimum absolute atomic E-state index is 0.500. The molecule has 77 heavy (non-hydrogen) atoms. The number of aromatic nitrogens is 7. The lowest BCUT2D eigenvalue weighted by Gasteiger charge is -2.12. The van der Waals surface area contributed by atoms with Gasteiger partial charge < -0.3 is 14.0 Å². The Hall–Kier alpha value is -4.08. The van der Waals surface area contributed by atoms with Gasteiger partial charge in [0.15, 0.2) is 0 Å². The smallest absolute Gasteiger partial charge is 0.0489 e. The largest absolute Gasteiger partial charge is 0.381 e. The maximum Gasteiger partial charge on any atom is 0.0489 e. The first-order chi connectivity index (χ1) is 35.1. The predicted octanol–water partition coefficient (Wildman–Crippen LogP) is 20.8. The summed E-state index contributed by atoms with van der Waals surface area (Å²) >= 11 is 0. The number of aryl methyl sites for hydroxylation is 3. The number of nitrogens with zero attached hydrogens (tertiary/aromatic N) is 7. The fraction of sp³-hybridized carbons (Fsp3) is 0.706. The van der Waals surface area contributed by atoms with E-state index in [1.54, 1.807) is 46.5 Å². The van der Waals surface area contributed by atoms with Crippen molar-refractivity contribution in [3.05, 3.63) is 123 Å². The molecular weight excluding hydrogens is 947 g/mol. The second-order valence-corrected chi connectivity index (χ2v) is 27.9. The van der Waals surface area contributed by atoms with Crippen molar-refractivity contribution in [3.63, 3.8) is 0 Å². The summed E-state index contributed by atoms with van der Waals surface area (Å²) in [5.74, 6) is 0.833. The number of hydrogen-bond acceptors (Lipinski definition) is 6. The summed E-state index contributed by atoms with van der Waals surface area (Å²) in [5, 5.41) is 7.67. The molecular formula is C68H133N7O2. The third-order valence-corrected chi connectivity index (χ3v) is 8.00. The fourth-order valence-corrected chi connectivity index (χ4v) is 2.76. The van der Waals surface area contributed by atoms with Crippen LogP contribution in [0.25, 0.3) is 0 Å². The van der Waals surface area contributed by atoms with Crippen LogP contribution < -0.4 is 0 Å². The highest BCUT2D eigenvalue weighted by Crippen LogP contribution is 2.17. The molecule has 0 aliphatic carbocycles. The Kier molecular flexibility index (Phi) is 62.3. The molecule has 0 N–H and O–H groups in total. The van der Waals surface area contributed by atoms with E-state index in [-0.39, 0.29) is 0 Å². The highest BCUT2D eigenvalue weighted by molar-refractivity contribution is 4.89. The Bertz CT molecular complexity index is 1440. The van der Waals surface area contributed by atoms with Crippen molar-refractivity contribution in [1.29, 1.82) is 0 Å². The molecule has 2 saturated heterocycles. The summed E-state index contributed by atoms with van der Waals surface area (Å²) in [7, 11) is 5.78. The fourth-order valence-electron chi connectivity index (χ4n) is 2.76. The van der Waals surface area contributed by atoms with Crippen molar-refractivity contribution in [2.24, 2.45) is 59.6 Å². The summed E-state index contributed by atoms with van der Waals surface area (Å²) in [5.41, 5.74) is 3.13. The third kappa shape index (κ3) is 153. The quantitative estimate of drug-likeness (QED) is 0.154. The highest BCUT2D eigenvalue weighted by Gasteiger charge is 2.05. The molecule has 0 spiro atoms. The summed E-state index contributed by atoms with van der Waals surface area (Å²) < 4.78 is 15.4. The topological polar surface area (TPSA) is 84.8 Å². The van der Waals surface area contributed by atoms with Crippen LogP contribution in [0.4, 0.5) is 0 Å². The van der Waals surface area contributed by atoms with Gasteiger partial charge in [0.05, 0.1) is 0 Å². The molecule has 9 nitrogen and oxygen atoms in total. The van der Waals surface area contributed by atoms with E-state index >= 15 is 0 Å². The van der Waals surface area contributed by atoms with E-state index in [9.17, 15) is 0 Å². The second kappa shape index (κ2) is 55.2. The molecule has 5 aromatic rings. The van der Waals surface area contributed by atoms with Gasteiger partial charge in [-0.25, -0.2) is 0 Å². The van der Waals surface area contributed by atoms with Crippen molar-refractivity contribution in [1.82, 2.24) is 34.1 Å². The van der Waals surface area contributed by atoms with Gasteiger partial charge in [0.25, 0.3) is 0 Å². The summed E-state index contributed by atoms with van der Waals surface area (Å²) in [6.07, 6.45) is 27.2. The van der Waals surface area contributed by atoms with Crippen molar-refractivity contribution >= 4 is 0 Å². The maximum absolute atomic E-state index is 4.94. The zero-order chi connectivity index (χ0) is 61.5. The molecule has 0 amide bonds. The van der Waals surface area contributed by atoms with Crippen LogP contribution in [0.3, 0.4) is 0 Å². The number of pyridine rings is 2. The molecule has 2 fully saturated rings. The van der Waals surface area contributed by atoms with Gasteiger partial charge in [-0.2, -0.15) is 10.2 Å². The SMILES string of the molecule is C1CCOC1.C1CCOC1.CC(C)(C)C.CC(C)(C)C.CC(C)(C)C.CC(C)C.CCC(C)(C)C.CCC(C)(C)C.CCC(C)(C)C.Cn1cccc1.Cn1cccn1.Cn1cccn1.c1ccncc1.c1ccncc1. The number of rotatable bonds is 0. The van der Waals surface area contributed by atoms with Gasteiger partial charge in [-0.1, -0.05) is 218 Å². The van der Waals surface area contributed by atoms with Crippen LogP contribution >= 0.6 is 0 Å². The van der Waals surface area contributed by atoms with Gasteiger partial charge in [-0.15, -0.1) is 0 Å². The minimum atomic E-state index is 0.500. The van der Waals surface area contributed by atoms with E-state index in [0.29, 0.717) is 32.5 Å². The lowest BCUT2D eigenvalue weighted by atomic mass is 9.94. The van der Waals surface area contributed by atoms with Crippen LogP contribution in [0.2, 0.25) is 0 Å². The first kappa shape index (κ1) is 86.8. The summed E-state index contributed by atoms with van der Waals surface area (Å²) in [6, 6.07) is 19.2. The van der Waals surface area contributed by atoms with E-state index in [0.717, 1.165) is 32.3 Å². The van der Waals surface area contributed by atoms with E-state index < -0.39 is 0 Å². The van der Waals surface area contributed by atoms with Gasteiger partial charge in [0, 0.05) is 110 Å². The number of ether oxygens (including phenoxy) is 2. The van der Waals surface area contributed by atoms with E-state index in [4.69, 9.17) is 9.47 Å². The monoisotopic (exact) mass is 1080 g/mol. The average Bonchev–Trinajstić information content (AvgIpc) is 4.17. The van der Waals surface area contributed by atoms with Crippen molar-refractivity contribution in [2.45, 2.75) is 232 Å². The van der Waals surface area contributed by atoms with Gasteiger partial charge in [-0.05, 0) is 113 Å². The van der Waals surface area contributed by atoms with Crippen LogP contribution in [0.5, 0.6) is 0 Å². The molecule has 5 aromatic heterocycles. The van der Waals surface area contributed by atoms with Crippen molar-refractivity contribution < 1.29 is 9.47 Å². The Labute approximate surface area is 482 Å². The molecule has 0 atom stereocenters. The summed E-state index contributed by atoms with van der Waals surface area (Å²) in [6.45, 7) is 63.6. The van der Waals surface area contributed by atoms with Gasteiger partial charge >= 0.3 is 0 Å². The van der Waals surface area contributed by atoms with Gasteiger partial charge in [0.1, 0.15) is 0 Å². The Balaban J connectivity index is -0.000000137.